The van der Waals surface area contributed by atoms with E-state index in [0.29, 0.717) is 25.1 Å². The lowest BCUT2D eigenvalue weighted by molar-refractivity contribution is -0.274. The molecule has 1 N–H and O–H groups in total. The van der Waals surface area contributed by atoms with Crippen LogP contribution in [-0.2, 0) is 11.3 Å². The maximum Gasteiger partial charge on any atom is 0.573 e. The van der Waals surface area contributed by atoms with E-state index in [9.17, 15) is 26.7 Å². The molecule has 0 spiro atoms. The van der Waals surface area contributed by atoms with E-state index in [4.69, 9.17) is 0 Å². The summed E-state index contributed by atoms with van der Waals surface area (Å²) in [7, 11) is 0. The van der Waals surface area contributed by atoms with Gasteiger partial charge in [0.25, 0.3) is 12.3 Å². The second-order valence-corrected chi connectivity index (χ2v) is 8.54. The van der Waals surface area contributed by atoms with Crippen molar-refractivity contribution >= 4 is 18.6 Å². The van der Waals surface area contributed by atoms with Crippen LogP contribution in [0, 0.1) is 0 Å². The number of nitrogens with zero attached hydrogens (tertiary/aromatic N) is 4. The number of carbonyl (C=O) groups is 1. The molecule has 1 aromatic carbocycles. The van der Waals surface area contributed by atoms with Crippen molar-refractivity contribution in [3.05, 3.63) is 41.1 Å². The Hall–Kier alpha value is -3.02. The average molecular weight is 502 g/mol. The molecule has 12 heteroatoms. The lowest BCUT2D eigenvalue weighted by atomic mass is 10.1. The molecule has 0 atom stereocenters. The number of hydrogen-bond donors (Lipinski definition) is 1. The number of nitrogens with one attached hydrogen (secondary N) is 1. The fraction of sp³-hybridized carbons (Fsp3) is 0.522. The number of guanidine groups is 1. The number of halogens is 5. The van der Waals surface area contributed by atoms with Crippen LogP contribution in [-0.4, -0.2) is 67.5 Å². The van der Waals surface area contributed by atoms with E-state index in [1.54, 1.807) is 13.0 Å². The minimum absolute atomic E-state index is 0.0743. The summed E-state index contributed by atoms with van der Waals surface area (Å²) in [4.78, 5) is 23.5. The zero-order valence-electron chi connectivity index (χ0n) is 19.3. The third-order valence-corrected chi connectivity index (χ3v) is 5.55. The van der Waals surface area contributed by atoms with Crippen molar-refractivity contribution < 1.29 is 31.5 Å². The van der Waals surface area contributed by atoms with Crippen molar-refractivity contribution in [3.63, 3.8) is 0 Å². The smallest absolute Gasteiger partial charge is 0.406 e. The van der Waals surface area contributed by atoms with Crippen LogP contribution in [0.5, 0.6) is 5.75 Å². The van der Waals surface area contributed by atoms with Crippen LogP contribution >= 0.6 is 0 Å². The molecular weight excluding hydrogens is 473 g/mol. The van der Waals surface area contributed by atoms with E-state index >= 15 is 0 Å². The van der Waals surface area contributed by atoms with E-state index in [2.05, 4.69) is 26.8 Å². The summed E-state index contributed by atoms with van der Waals surface area (Å²) in [6.45, 7) is 5.77. The Morgan fingerprint density at radius 1 is 1.29 bits per heavy atom. The topological polar surface area (TPSA) is 69.5 Å². The van der Waals surface area contributed by atoms with E-state index in [1.165, 1.54) is 28.1 Å². The van der Waals surface area contributed by atoms with Crippen molar-refractivity contribution in [2.24, 2.45) is 9.98 Å². The van der Waals surface area contributed by atoms with Crippen molar-refractivity contribution in [2.75, 3.05) is 26.3 Å². The van der Waals surface area contributed by atoms with Gasteiger partial charge in [-0.1, -0.05) is 6.07 Å². The molecule has 0 bridgehead atoms. The number of benzene rings is 1. The van der Waals surface area contributed by atoms with Gasteiger partial charge in [0.1, 0.15) is 5.75 Å². The SMILES string of the molecule is C=N/C(=N\C=C(/C)C(=O)N1CCCN(CC(F)F)C1)NCc1cc(OC(F)(F)F)cc(C2CC2)c1. The van der Waals surface area contributed by atoms with Crippen LogP contribution in [0.4, 0.5) is 22.0 Å². The molecule has 1 heterocycles. The van der Waals surface area contributed by atoms with Crippen molar-refractivity contribution in [1.29, 1.82) is 0 Å². The van der Waals surface area contributed by atoms with Gasteiger partial charge in [-0.05, 0) is 62.1 Å². The average Bonchev–Trinajstić information content (AvgIpc) is 3.62. The van der Waals surface area contributed by atoms with E-state index in [0.717, 1.165) is 18.4 Å². The molecule has 0 radical (unpaired) electrons. The summed E-state index contributed by atoms with van der Waals surface area (Å²) in [5.74, 6) is -0.320. The maximum atomic E-state index is 12.7. The summed E-state index contributed by atoms with van der Waals surface area (Å²) < 4.78 is 67.5. The van der Waals surface area contributed by atoms with Crippen LogP contribution in [0.1, 0.15) is 43.2 Å². The van der Waals surface area contributed by atoms with Gasteiger partial charge in [0.15, 0.2) is 0 Å². The Labute approximate surface area is 200 Å². The molecule has 1 aromatic rings. The number of rotatable bonds is 8. The first-order valence-corrected chi connectivity index (χ1v) is 11.2. The highest BCUT2D eigenvalue weighted by Crippen LogP contribution is 2.42. The number of amides is 1. The molecule has 1 aliphatic carbocycles. The summed E-state index contributed by atoms with van der Waals surface area (Å²) in [6, 6.07) is 4.50. The molecular formula is C23H28F5N5O2. The Balaban J connectivity index is 1.63. The molecule has 35 heavy (non-hydrogen) atoms. The predicted molar refractivity (Wildman–Crippen MR) is 121 cm³/mol. The minimum atomic E-state index is -4.79. The van der Waals surface area contributed by atoms with Crippen molar-refractivity contribution in [1.82, 2.24) is 15.1 Å². The van der Waals surface area contributed by atoms with Crippen LogP contribution < -0.4 is 10.1 Å². The Bertz CT molecular complexity index is 976. The van der Waals surface area contributed by atoms with Crippen LogP contribution in [0.2, 0.25) is 0 Å². The Morgan fingerprint density at radius 3 is 2.66 bits per heavy atom. The fourth-order valence-corrected chi connectivity index (χ4v) is 3.80. The lowest BCUT2D eigenvalue weighted by Gasteiger charge is -2.35. The first-order valence-electron chi connectivity index (χ1n) is 11.2. The van der Waals surface area contributed by atoms with Gasteiger partial charge in [0, 0.05) is 31.4 Å². The molecule has 7 nitrogen and oxygen atoms in total. The normalized spacial score (nSPS) is 18.1. The van der Waals surface area contributed by atoms with Crippen LogP contribution in [0.25, 0.3) is 0 Å². The summed E-state index contributed by atoms with van der Waals surface area (Å²) in [6.07, 6.45) is -3.54. The van der Waals surface area contributed by atoms with Gasteiger partial charge >= 0.3 is 6.36 Å². The molecule has 1 saturated heterocycles. The predicted octanol–water partition coefficient (Wildman–Crippen LogP) is 4.27. The molecule has 1 amide bonds. The summed E-state index contributed by atoms with van der Waals surface area (Å²) in [5.41, 5.74) is 1.61. The van der Waals surface area contributed by atoms with E-state index < -0.39 is 19.3 Å². The van der Waals surface area contributed by atoms with Gasteiger partial charge in [-0.15, -0.1) is 13.2 Å². The molecule has 192 valence electrons. The van der Waals surface area contributed by atoms with Gasteiger partial charge in [-0.25, -0.2) is 18.8 Å². The zero-order valence-corrected chi connectivity index (χ0v) is 19.3. The highest BCUT2D eigenvalue weighted by Gasteiger charge is 2.32. The monoisotopic (exact) mass is 501 g/mol. The molecule has 2 fully saturated rings. The standard InChI is InChI=1S/C23H28F5N5O2/c1-15(21(34)33-7-3-6-32(14-33)13-20(24)25)11-30-22(29-2)31-12-16-8-18(17-4-5-17)10-19(9-16)35-23(26,27)28/h8-11,17,20H,2-7,12-14H2,1H3,(H,30,31)/b15-11+. The van der Waals surface area contributed by atoms with Crippen molar-refractivity contribution in [3.8, 4) is 5.75 Å². The molecule has 2 aliphatic rings. The van der Waals surface area contributed by atoms with Gasteiger partial charge in [0.05, 0.1) is 13.2 Å². The second-order valence-electron chi connectivity index (χ2n) is 8.54. The van der Waals surface area contributed by atoms with E-state index in [-0.39, 0.29) is 42.3 Å². The second kappa shape index (κ2) is 11.6. The largest absolute Gasteiger partial charge is 0.573 e. The number of aliphatic imine (C=N–C) groups is 2. The number of hydrogen-bond acceptors (Lipinski definition) is 4. The third-order valence-electron chi connectivity index (χ3n) is 5.55. The Kier molecular flexibility index (Phi) is 8.82. The van der Waals surface area contributed by atoms with Gasteiger partial charge in [-0.2, -0.15) is 0 Å². The quantitative estimate of drug-likeness (QED) is 0.250. The molecule has 3 rings (SSSR count). The fourth-order valence-electron chi connectivity index (χ4n) is 3.80. The number of ether oxygens (including phenoxy) is 1. The molecule has 0 aromatic heterocycles. The summed E-state index contributed by atoms with van der Waals surface area (Å²) in [5, 5.41) is 2.89. The number of alkyl halides is 5. The molecule has 1 aliphatic heterocycles. The zero-order chi connectivity index (χ0) is 25.6. The van der Waals surface area contributed by atoms with Gasteiger partial charge < -0.3 is 15.0 Å². The highest BCUT2D eigenvalue weighted by atomic mass is 19.4. The first-order chi connectivity index (χ1) is 16.5. The molecule has 1 saturated carbocycles. The molecule has 0 unspecified atom stereocenters. The number of carbonyl (C=O) groups excluding carboxylic acids is 1. The maximum absolute atomic E-state index is 12.7. The first kappa shape index (κ1) is 26.6. The van der Waals surface area contributed by atoms with Crippen molar-refractivity contribution in [2.45, 2.75) is 51.4 Å². The van der Waals surface area contributed by atoms with E-state index in [1.807, 2.05) is 0 Å². The minimum Gasteiger partial charge on any atom is -0.406 e. The van der Waals surface area contributed by atoms with Crippen LogP contribution in [0.15, 0.2) is 40.0 Å². The van der Waals surface area contributed by atoms with Crippen LogP contribution in [0.3, 0.4) is 0 Å². The highest BCUT2D eigenvalue weighted by molar-refractivity contribution is 5.93. The lowest BCUT2D eigenvalue weighted by Crippen LogP contribution is -2.49. The third kappa shape index (κ3) is 8.61. The Morgan fingerprint density at radius 2 is 2.03 bits per heavy atom. The van der Waals surface area contributed by atoms with Gasteiger partial charge in [0.2, 0.25) is 5.96 Å². The van der Waals surface area contributed by atoms with Gasteiger partial charge in [-0.3, -0.25) is 9.69 Å². The summed E-state index contributed by atoms with van der Waals surface area (Å²) >= 11 is 0.